The average Bonchev–Trinajstić information content (AvgIpc) is 3.33. The minimum Gasteiger partial charge on any atom is -0.333 e. The van der Waals surface area contributed by atoms with Crippen LogP contribution in [0.15, 0.2) is 60.5 Å². The number of benzene rings is 1. The second-order valence-corrected chi connectivity index (χ2v) is 7.14. The maximum Gasteiger partial charge on any atom is 0.158 e. The molecule has 5 heteroatoms. The van der Waals surface area contributed by atoms with Gasteiger partial charge >= 0.3 is 0 Å². The van der Waals surface area contributed by atoms with Gasteiger partial charge in [0.15, 0.2) is 5.82 Å². The van der Waals surface area contributed by atoms with Crippen molar-refractivity contribution in [1.82, 2.24) is 19.1 Å². The number of aromatic nitrogens is 4. The molecule has 0 fully saturated rings. The molecule has 25 heavy (non-hydrogen) atoms. The van der Waals surface area contributed by atoms with Gasteiger partial charge in [0.2, 0.25) is 0 Å². The number of hydrogen-bond donors (Lipinski definition) is 0. The molecule has 3 aromatic heterocycles. The van der Waals surface area contributed by atoms with Gasteiger partial charge in [-0.05, 0) is 23.9 Å². The molecule has 0 saturated heterocycles. The van der Waals surface area contributed by atoms with Crippen LogP contribution in [0.2, 0.25) is 0 Å². The fourth-order valence-corrected chi connectivity index (χ4v) is 3.97. The van der Waals surface area contributed by atoms with Crippen LogP contribution in [0.4, 0.5) is 0 Å². The number of imidazole rings is 2. The van der Waals surface area contributed by atoms with Crippen molar-refractivity contribution in [2.45, 2.75) is 19.9 Å². The predicted octanol–water partition coefficient (Wildman–Crippen LogP) is 4.56. The maximum atomic E-state index is 4.72. The van der Waals surface area contributed by atoms with Crippen LogP contribution in [0.5, 0.6) is 0 Å². The molecule has 0 bridgehead atoms. The van der Waals surface area contributed by atoms with Crippen molar-refractivity contribution in [3.63, 3.8) is 0 Å². The van der Waals surface area contributed by atoms with Crippen LogP contribution in [0.1, 0.15) is 10.4 Å². The molecule has 4 aromatic rings. The van der Waals surface area contributed by atoms with Crippen LogP contribution in [0.3, 0.4) is 0 Å². The summed E-state index contributed by atoms with van der Waals surface area (Å²) >= 11 is 1.82. The minimum atomic E-state index is 0.892. The van der Waals surface area contributed by atoms with Crippen molar-refractivity contribution in [2.75, 3.05) is 0 Å². The average molecular weight is 348 g/mol. The molecule has 0 aliphatic heterocycles. The molecule has 126 valence electrons. The van der Waals surface area contributed by atoms with Crippen LogP contribution in [-0.4, -0.2) is 19.1 Å². The van der Waals surface area contributed by atoms with Gasteiger partial charge in [0.05, 0.1) is 12.0 Å². The first-order chi connectivity index (χ1) is 12.2. The van der Waals surface area contributed by atoms with Gasteiger partial charge in [0.1, 0.15) is 5.69 Å². The lowest BCUT2D eigenvalue weighted by molar-refractivity contribution is 0.699. The van der Waals surface area contributed by atoms with E-state index >= 15 is 0 Å². The van der Waals surface area contributed by atoms with E-state index in [1.54, 1.807) is 0 Å². The molecule has 0 N–H and O–H groups in total. The summed E-state index contributed by atoms with van der Waals surface area (Å²) in [4.78, 5) is 10.7. The van der Waals surface area contributed by atoms with E-state index in [1.165, 1.54) is 10.4 Å². The molecule has 4 nitrogen and oxygen atoms in total. The largest absolute Gasteiger partial charge is 0.333 e. The van der Waals surface area contributed by atoms with E-state index in [2.05, 4.69) is 44.6 Å². The summed E-state index contributed by atoms with van der Waals surface area (Å²) in [6.07, 6.45) is 6.76. The molecule has 4 rings (SSSR count). The summed E-state index contributed by atoms with van der Waals surface area (Å²) in [6, 6.07) is 12.5. The van der Waals surface area contributed by atoms with Crippen molar-refractivity contribution in [2.24, 2.45) is 7.05 Å². The van der Waals surface area contributed by atoms with E-state index in [0.29, 0.717) is 0 Å². The fourth-order valence-electron chi connectivity index (χ4n) is 3.07. The van der Waals surface area contributed by atoms with E-state index in [9.17, 15) is 0 Å². The number of hydrogen-bond acceptors (Lipinski definition) is 3. The Morgan fingerprint density at radius 3 is 2.60 bits per heavy atom. The Kier molecular flexibility index (Phi) is 4.24. The Bertz CT molecular complexity index is 978. The third-order valence-electron chi connectivity index (χ3n) is 4.47. The summed E-state index contributed by atoms with van der Waals surface area (Å²) in [5.74, 6) is 0.944. The van der Waals surface area contributed by atoms with Gasteiger partial charge < -0.3 is 9.13 Å². The lowest BCUT2D eigenvalue weighted by Gasteiger charge is -2.10. The molecule has 0 aliphatic rings. The first kappa shape index (κ1) is 15.8. The molecule has 0 aliphatic carbocycles. The minimum absolute atomic E-state index is 0.892. The first-order valence-electron chi connectivity index (χ1n) is 8.35. The van der Waals surface area contributed by atoms with E-state index in [1.807, 2.05) is 55.3 Å². The smallest absolute Gasteiger partial charge is 0.158 e. The third-order valence-corrected chi connectivity index (χ3v) is 5.55. The zero-order chi connectivity index (χ0) is 17.2. The van der Waals surface area contributed by atoms with Crippen molar-refractivity contribution >= 4 is 11.3 Å². The number of nitrogens with zero attached hydrogens (tertiary/aromatic N) is 4. The summed E-state index contributed by atoms with van der Waals surface area (Å²) < 4.78 is 4.28. The van der Waals surface area contributed by atoms with Crippen LogP contribution in [0, 0.1) is 6.92 Å². The van der Waals surface area contributed by atoms with Crippen molar-refractivity contribution in [1.29, 1.82) is 0 Å². The van der Waals surface area contributed by atoms with Crippen LogP contribution in [0.25, 0.3) is 22.8 Å². The molecule has 1 aromatic carbocycles. The zero-order valence-corrected chi connectivity index (χ0v) is 15.2. The maximum absolute atomic E-state index is 4.72. The Hall–Kier alpha value is -2.66. The number of aryl methyl sites for hydroxylation is 4. The van der Waals surface area contributed by atoms with E-state index < -0.39 is 0 Å². The molecule has 0 unspecified atom stereocenters. The summed E-state index contributed by atoms with van der Waals surface area (Å²) in [5.41, 5.74) is 4.55. The van der Waals surface area contributed by atoms with E-state index in [4.69, 9.17) is 4.98 Å². The van der Waals surface area contributed by atoms with Gasteiger partial charge in [0, 0.05) is 42.8 Å². The van der Waals surface area contributed by atoms with Gasteiger partial charge in [-0.3, -0.25) is 0 Å². The monoisotopic (exact) mass is 348 g/mol. The molecule has 0 radical (unpaired) electrons. The Morgan fingerprint density at radius 1 is 1.08 bits per heavy atom. The van der Waals surface area contributed by atoms with Crippen LogP contribution < -0.4 is 0 Å². The zero-order valence-electron chi connectivity index (χ0n) is 14.4. The van der Waals surface area contributed by atoms with Gasteiger partial charge in [0.25, 0.3) is 0 Å². The van der Waals surface area contributed by atoms with Gasteiger partial charge in [-0.2, -0.15) is 0 Å². The highest BCUT2D eigenvalue weighted by Crippen LogP contribution is 2.30. The summed E-state index contributed by atoms with van der Waals surface area (Å²) in [5, 5.41) is 2.16. The highest BCUT2D eigenvalue weighted by molar-refractivity contribution is 7.10. The first-order valence-corrected chi connectivity index (χ1v) is 9.23. The predicted molar refractivity (Wildman–Crippen MR) is 103 cm³/mol. The van der Waals surface area contributed by atoms with E-state index in [-0.39, 0.29) is 0 Å². The topological polar surface area (TPSA) is 35.6 Å². The molecular formula is C20H20N4S. The molecule has 0 saturated carbocycles. The lowest BCUT2D eigenvalue weighted by Crippen LogP contribution is -2.05. The molecule has 0 amide bonds. The highest BCUT2D eigenvalue weighted by Gasteiger charge is 2.18. The SMILES string of the molecule is Cc1ccsc1CCn1cnc(-c2ccccc2)c1-c1nccn1C. The Morgan fingerprint density at radius 2 is 1.92 bits per heavy atom. The fraction of sp³-hybridized carbons (Fsp3) is 0.200. The van der Waals surface area contributed by atoms with Crippen molar-refractivity contribution in [3.8, 4) is 22.8 Å². The molecule has 0 atom stereocenters. The Balaban J connectivity index is 1.76. The normalized spacial score (nSPS) is 11.1. The Labute approximate surface area is 151 Å². The lowest BCUT2D eigenvalue weighted by atomic mass is 10.1. The standard InChI is InChI=1S/C20H20N4S/c1-15-9-13-25-17(15)8-11-24-14-22-18(16-6-4-3-5-7-16)19(24)20-21-10-12-23(20)2/h3-7,9-10,12-14H,8,11H2,1-2H3. The quantitative estimate of drug-likeness (QED) is 0.530. The molecular weight excluding hydrogens is 328 g/mol. The summed E-state index contributed by atoms with van der Waals surface area (Å²) in [7, 11) is 2.03. The highest BCUT2D eigenvalue weighted by atomic mass is 32.1. The second kappa shape index (κ2) is 6.69. The van der Waals surface area contributed by atoms with Gasteiger partial charge in [-0.25, -0.2) is 9.97 Å². The second-order valence-electron chi connectivity index (χ2n) is 6.14. The molecule has 0 spiro atoms. The van der Waals surface area contributed by atoms with Crippen molar-refractivity contribution < 1.29 is 0 Å². The number of rotatable bonds is 5. The van der Waals surface area contributed by atoms with Crippen molar-refractivity contribution in [3.05, 3.63) is 70.9 Å². The van der Waals surface area contributed by atoms with Gasteiger partial charge in [-0.1, -0.05) is 30.3 Å². The third kappa shape index (κ3) is 3.03. The van der Waals surface area contributed by atoms with Crippen LogP contribution >= 0.6 is 11.3 Å². The molecule has 3 heterocycles. The number of thiophene rings is 1. The van der Waals surface area contributed by atoms with Crippen LogP contribution in [-0.2, 0) is 20.0 Å². The van der Waals surface area contributed by atoms with Gasteiger partial charge in [-0.15, -0.1) is 11.3 Å². The van der Waals surface area contributed by atoms with E-state index in [0.717, 1.165) is 35.7 Å². The summed E-state index contributed by atoms with van der Waals surface area (Å²) in [6.45, 7) is 3.07.